The number of nitrogens with one attached hydrogen (secondary N) is 1. The zero-order valence-corrected chi connectivity index (χ0v) is 16.5. The number of amides is 1. The lowest BCUT2D eigenvalue weighted by Crippen LogP contribution is -2.31. The molecule has 0 unspecified atom stereocenters. The van der Waals surface area contributed by atoms with E-state index in [2.05, 4.69) is 5.32 Å². The molecule has 1 heterocycles. The number of fused-ring (bicyclic) bond motifs is 1. The maximum Gasteiger partial charge on any atom is 0.310 e. The van der Waals surface area contributed by atoms with E-state index in [1.165, 1.54) is 0 Å². The third-order valence-electron chi connectivity index (χ3n) is 5.01. The third kappa shape index (κ3) is 4.60. The summed E-state index contributed by atoms with van der Waals surface area (Å²) in [4.78, 5) is 24.1. The van der Waals surface area contributed by atoms with Gasteiger partial charge in [-0.25, -0.2) is 0 Å². The van der Waals surface area contributed by atoms with Crippen molar-refractivity contribution in [3.8, 4) is 0 Å². The largest absolute Gasteiger partial charge is 0.464 e. The zero-order chi connectivity index (χ0) is 20.1. The molecule has 0 bridgehead atoms. The molecule has 0 fully saturated rings. The van der Waals surface area contributed by atoms with E-state index in [-0.39, 0.29) is 24.9 Å². The second-order valence-corrected chi connectivity index (χ2v) is 7.10. The van der Waals surface area contributed by atoms with Gasteiger partial charge in [0, 0.05) is 17.5 Å². The maximum atomic E-state index is 12.1. The molecule has 0 saturated heterocycles. The van der Waals surface area contributed by atoms with Crippen molar-refractivity contribution in [1.29, 1.82) is 0 Å². The Morgan fingerprint density at radius 3 is 2.61 bits per heavy atom. The van der Waals surface area contributed by atoms with Gasteiger partial charge < -0.3 is 14.5 Å². The molecule has 0 aliphatic rings. The summed E-state index contributed by atoms with van der Waals surface area (Å²) >= 11 is 0. The smallest absolute Gasteiger partial charge is 0.310 e. The van der Waals surface area contributed by atoms with Crippen LogP contribution in [-0.2, 0) is 20.7 Å². The molecule has 0 aliphatic carbocycles. The first kappa shape index (κ1) is 19.7. The average molecular weight is 379 g/mol. The number of hydrogen-bond acceptors (Lipinski definition) is 4. The fraction of sp³-hybridized carbons (Fsp3) is 0.304. The minimum atomic E-state index is -0.452. The van der Waals surface area contributed by atoms with Gasteiger partial charge in [-0.2, -0.15) is 0 Å². The van der Waals surface area contributed by atoms with Crippen LogP contribution in [0.3, 0.4) is 0 Å². The molecule has 1 aromatic heterocycles. The van der Waals surface area contributed by atoms with Gasteiger partial charge in [0.25, 0.3) is 5.91 Å². The van der Waals surface area contributed by atoms with E-state index < -0.39 is 5.97 Å². The Bertz CT molecular complexity index is 975. The van der Waals surface area contributed by atoms with Gasteiger partial charge in [0.2, 0.25) is 0 Å². The van der Waals surface area contributed by atoms with Crippen molar-refractivity contribution in [2.45, 2.75) is 33.1 Å². The molecular formula is C23H25NO4. The zero-order valence-electron chi connectivity index (χ0n) is 16.5. The summed E-state index contributed by atoms with van der Waals surface area (Å²) in [6, 6.07) is 13.9. The lowest BCUT2D eigenvalue weighted by atomic mass is 10.0. The second-order valence-electron chi connectivity index (χ2n) is 7.10. The number of aryl methyl sites for hydroxylation is 2. The number of esters is 1. The summed E-state index contributed by atoms with van der Waals surface area (Å²) in [6.45, 7) is 6.25. The van der Waals surface area contributed by atoms with Crippen LogP contribution in [0.25, 0.3) is 11.0 Å². The lowest BCUT2D eigenvalue weighted by molar-refractivity contribution is -0.147. The summed E-state index contributed by atoms with van der Waals surface area (Å²) in [5.41, 5.74) is 4.90. The van der Waals surface area contributed by atoms with Crippen molar-refractivity contribution in [2.24, 2.45) is 0 Å². The molecule has 2 aromatic carbocycles. The van der Waals surface area contributed by atoms with Crippen molar-refractivity contribution in [3.05, 3.63) is 71.0 Å². The summed E-state index contributed by atoms with van der Waals surface area (Å²) in [6.07, 6.45) is 1.66. The Morgan fingerprint density at radius 2 is 1.86 bits per heavy atom. The standard InChI is InChI=1S/C23H25NO4/c1-15-9-10-20-19(13-28-23(20)17(15)3)11-22(26)27-14-21(25)24-12-16(2)18-7-5-4-6-8-18/h4-10,13,16H,11-12,14H2,1-3H3,(H,24,25)/t16-/m1/s1. The molecule has 3 aromatic rings. The van der Waals surface area contributed by atoms with Crippen molar-refractivity contribution in [3.63, 3.8) is 0 Å². The van der Waals surface area contributed by atoms with Crippen LogP contribution in [0.4, 0.5) is 0 Å². The van der Waals surface area contributed by atoms with E-state index in [0.29, 0.717) is 6.54 Å². The Balaban J connectivity index is 1.48. The summed E-state index contributed by atoms with van der Waals surface area (Å²) < 4.78 is 10.7. The molecule has 0 aliphatic heterocycles. The molecule has 0 saturated carbocycles. The topological polar surface area (TPSA) is 68.5 Å². The molecule has 0 radical (unpaired) electrons. The average Bonchev–Trinajstić information content (AvgIpc) is 3.11. The van der Waals surface area contributed by atoms with E-state index >= 15 is 0 Å². The fourth-order valence-electron chi connectivity index (χ4n) is 3.10. The van der Waals surface area contributed by atoms with Gasteiger partial charge in [0.1, 0.15) is 5.58 Å². The van der Waals surface area contributed by atoms with E-state index in [9.17, 15) is 9.59 Å². The molecule has 3 rings (SSSR count). The second kappa shape index (κ2) is 8.74. The number of carbonyl (C=O) groups is 2. The normalized spacial score (nSPS) is 12.0. The Labute approximate surface area is 164 Å². The van der Waals surface area contributed by atoms with E-state index in [1.807, 2.05) is 63.2 Å². The lowest BCUT2D eigenvalue weighted by Gasteiger charge is -2.13. The van der Waals surface area contributed by atoms with Gasteiger partial charge in [-0.1, -0.05) is 49.4 Å². The van der Waals surface area contributed by atoms with Crippen LogP contribution in [-0.4, -0.2) is 25.0 Å². The molecule has 28 heavy (non-hydrogen) atoms. The molecule has 0 spiro atoms. The number of ether oxygens (including phenoxy) is 1. The number of carbonyl (C=O) groups excluding carboxylic acids is 2. The SMILES string of the molecule is Cc1ccc2c(CC(=O)OCC(=O)NC[C@@H](C)c3ccccc3)coc2c1C. The summed E-state index contributed by atoms with van der Waals surface area (Å²) in [7, 11) is 0. The van der Waals surface area contributed by atoms with Crippen molar-refractivity contribution < 1.29 is 18.7 Å². The van der Waals surface area contributed by atoms with Gasteiger partial charge in [0.05, 0.1) is 12.7 Å². The first-order valence-electron chi connectivity index (χ1n) is 9.39. The predicted molar refractivity (Wildman–Crippen MR) is 108 cm³/mol. The minimum Gasteiger partial charge on any atom is -0.464 e. The van der Waals surface area contributed by atoms with Gasteiger partial charge in [-0.05, 0) is 36.5 Å². The van der Waals surface area contributed by atoms with Crippen molar-refractivity contribution >= 4 is 22.8 Å². The number of hydrogen-bond donors (Lipinski definition) is 1. The molecule has 1 amide bonds. The Hall–Kier alpha value is -3.08. The highest BCUT2D eigenvalue weighted by molar-refractivity contribution is 5.89. The van der Waals surface area contributed by atoms with Crippen LogP contribution in [0.2, 0.25) is 0 Å². The van der Waals surface area contributed by atoms with E-state index in [4.69, 9.17) is 9.15 Å². The molecular weight excluding hydrogens is 354 g/mol. The number of rotatable bonds is 7. The summed E-state index contributed by atoms with van der Waals surface area (Å²) in [5, 5.41) is 3.71. The summed E-state index contributed by atoms with van der Waals surface area (Å²) in [5.74, 6) is -0.573. The van der Waals surface area contributed by atoms with E-state index in [1.54, 1.807) is 6.26 Å². The monoisotopic (exact) mass is 379 g/mol. The maximum absolute atomic E-state index is 12.1. The predicted octanol–water partition coefficient (Wildman–Crippen LogP) is 4.06. The molecule has 5 heteroatoms. The van der Waals surface area contributed by atoms with Crippen molar-refractivity contribution in [2.75, 3.05) is 13.2 Å². The minimum absolute atomic E-state index is 0.0726. The van der Waals surface area contributed by atoms with Gasteiger partial charge in [-0.15, -0.1) is 0 Å². The highest BCUT2D eigenvalue weighted by atomic mass is 16.5. The van der Waals surface area contributed by atoms with Crippen LogP contribution in [0, 0.1) is 13.8 Å². The molecule has 1 N–H and O–H groups in total. The number of furan rings is 1. The third-order valence-corrected chi connectivity index (χ3v) is 5.01. The quantitative estimate of drug-likeness (QED) is 0.629. The van der Waals surface area contributed by atoms with Gasteiger partial charge in [-0.3, -0.25) is 9.59 Å². The van der Waals surface area contributed by atoms with E-state index in [0.717, 1.165) is 33.2 Å². The first-order chi connectivity index (χ1) is 13.5. The Kier molecular flexibility index (Phi) is 6.14. The number of benzene rings is 2. The van der Waals surface area contributed by atoms with Crippen LogP contribution in [0.15, 0.2) is 53.1 Å². The van der Waals surface area contributed by atoms with Gasteiger partial charge >= 0.3 is 5.97 Å². The van der Waals surface area contributed by atoms with Crippen LogP contribution >= 0.6 is 0 Å². The van der Waals surface area contributed by atoms with Crippen LogP contribution < -0.4 is 5.32 Å². The molecule has 146 valence electrons. The van der Waals surface area contributed by atoms with Crippen molar-refractivity contribution in [1.82, 2.24) is 5.32 Å². The fourth-order valence-corrected chi connectivity index (χ4v) is 3.10. The van der Waals surface area contributed by atoms with Crippen LogP contribution in [0.1, 0.15) is 35.1 Å². The highest BCUT2D eigenvalue weighted by Crippen LogP contribution is 2.26. The van der Waals surface area contributed by atoms with Crippen LogP contribution in [0.5, 0.6) is 0 Å². The molecule has 5 nitrogen and oxygen atoms in total. The van der Waals surface area contributed by atoms with Gasteiger partial charge in [0.15, 0.2) is 6.61 Å². The first-order valence-corrected chi connectivity index (χ1v) is 9.39. The Morgan fingerprint density at radius 1 is 1.11 bits per heavy atom. The highest BCUT2D eigenvalue weighted by Gasteiger charge is 2.15. The molecule has 1 atom stereocenters.